The molecule has 1 amide bonds. The highest BCUT2D eigenvalue weighted by atomic mass is 16.5. The lowest BCUT2D eigenvalue weighted by Crippen LogP contribution is -2.45. The summed E-state index contributed by atoms with van der Waals surface area (Å²) >= 11 is 0. The monoisotopic (exact) mass is 406 g/mol. The minimum atomic E-state index is -0.631. The van der Waals surface area contributed by atoms with Crippen LogP contribution in [-0.4, -0.2) is 51.0 Å². The van der Waals surface area contributed by atoms with E-state index in [0.717, 1.165) is 36.9 Å². The first-order chi connectivity index (χ1) is 13.9. The van der Waals surface area contributed by atoms with Gasteiger partial charge in [0.1, 0.15) is 23.3 Å². The third-order valence-electron chi connectivity index (χ3n) is 4.69. The first-order valence-corrected chi connectivity index (χ1v) is 9.37. The lowest BCUT2D eigenvalue weighted by Gasteiger charge is -2.25. The minimum Gasteiger partial charge on any atom is -0.384 e. The molecule has 3 rings (SSSR count). The van der Waals surface area contributed by atoms with Crippen LogP contribution in [0.15, 0.2) is 26.4 Å². The van der Waals surface area contributed by atoms with Crippen molar-refractivity contribution in [1.82, 2.24) is 19.2 Å². The van der Waals surface area contributed by atoms with E-state index in [1.807, 2.05) is 4.90 Å². The van der Waals surface area contributed by atoms with Gasteiger partial charge in [-0.25, -0.2) is 4.79 Å². The van der Waals surface area contributed by atoms with Crippen molar-refractivity contribution in [1.29, 1.82) is 0 Å². The van der Waals surface area contributed by atoms with Crippen LogP contribution in [0.1, 0.15) is 42.2 Å². The van der Waals surface area contributed by atoms with E-state index in [-0.39, 0.29) is 43.2 Å². The summed E-state index contributed by atoms with van der Waals surface area (Å²) in [6, 6.07) is 1.60. The van der Waals surface area contributed by atoms with Crippen molar-refractivity contribution in [2.75, 3.05) is 25.4 Å². The summed E-state index contributed by atoms with van der Waals surface area (Å²) in [5.74, 6) is -0.472. The third-order valence-corrected chi connectivity index (χ3v) is 4.69. The number of nitrogen functional groups attached to an aromatic ring is 1. The van der Waals surface area contributed by atoms with Crippen LogP contribution in [0.3, 0.4) is 0 Å². The maximum Gasteiger partial charge on any atom is 0.332 e. The zero-order valence-corrected chi connectivity index (χ0v) is 16.4. The van der Waals surface area contributed by atoms with Crippen LogP contribution < -0.4 is 22.7 Å². The number of hydrogen-bond acceptors (Lipinski definition) is 8. The fourth-order valence-electron chi connectivity index (χ4n) is 3.29. The van der Waals surface area contributed by atoms with E-state index in [2.05, 4.69) is 10.9 Å². The van der Waals surface area contributed by atoms with Crippen molar-refractivity contribution < 1.29 is 14.1 Å². The molecule has 0 atom stereocenters. The molecule has 0 radical (unpaired) electrons. The van der Waals surface area contributed by atoms with E-state index in [1.54, 1.807) is 13.0 Å². The summed E-state index contributed by atoms with van der Waals surface area (Å²) in [6.07, 6.45) is 4.86. The summed E-state index contributed by atoms with van der Waals surface area (Å²) in [4.78, 5) is 48.7. The van der Waals surface area contributed by atoms with Gasteiger partial charge in [-0.1, -0.05) is 11.6 Å². The predicted molar refractivity (Wildman–Crippen MR) is 106 cm³/mol. The average molecular weight is 406 g/mol. The number of carbonyl (C=O) groups is 2. The predicted octanol–water partition coefficient (Wildman–Crippen LogP) is -0.581. The Morgan fingerprint density at radius 3 is 2.45 bits per heavy atom. The van der Waals surface area contributed by atoms with Gasteiger partial charge in [0.05, 0.1) is 13.1 Å². The molecule has 0 aromatic carbocycles. The van der Waals surface area contributed by atoms with Gasteiger partial charge in [0.15, 0.2) is 5.78 Å². The van der Waals surface area contributed by atoms with Gasteiger partial charge in [-0.05, 0) is 32.9 Å². The molecule has 11 heteroatoms. The SMILES string of the molecule is CCn1c(=O)c(C(=O)CN2CCCCC2)c(N)n(Cc2ccon2)c1=O.NC=O. The number of piperidine rings is 1. The highest BCUT2D eigenvalue weighted by Crippen LogP contribution is 2.12. The molecule has 1 fully saturated rings. The van der Waals surface area contributed by atoms with Crippen LogP contribution in [0, 0.1) is 0 Å². The molecular formula is C18H26N6O5. The fourth-order valence-corrected chi connectivity index (χ4v) is 3.29. The van der Waals surface area contributed by atoms with Crippen LogP contribution in [0.5, 0.6) is 0 Å². The molecule has 0 aliphatic carbocycles. The lowest BCUT2D eigenvalue weighted by molar-refractivity contribution is -0.106. The van der Waals surface area contributed by atoms with Gasteiger partial charge >= 0.3 is 5.69 Å². The van der Waals surface area contributed by atoms with Gasteiger partial charge in [0, 0.05) is 12.6 Å². The van der Waals surface area contributed by atoms with Crippen LogP contribution in [0.4, 0.5) is 5.82 Å². The number of nitrogens with zero attached hydrogens (tertiary/aromatic N) is 4. The van der Waals surface area contributed by atoms with E-state index in [4.69, 9.17) is 15.1 Å². The second kappa shape index (κ2) is 10.4. The van der Waals surface area contributed by atoms with Crippen LogP contribution in [-0.2, 0) is 17.9 Å². The number of rotatable bonds is 6. The third kappa shape index (κ3) is 5.19. The van der Waals surface area contributed by atoms with Crippen LogP contribution in [0.2, 0.25) is 0 Å². The summed E-state index contributed by atoms with van der Waals surface area (Å²) in [5.41, 5.74) is 9.41. The largest absolute Gasteiger partial charge is 0.384 e. The quantitative estimate of drug-likeness (QED) is 0.476. The topological polar surface area (TPSA) is 159 Å². The zero-order valence-electron chi connectivity index (χ0n) is 16.4. The standard InChI is InChI=1S/C17H23N5O4.CH3NO/c1-2-21-16(24)14(13(23)11-20-7-4-3-5-8-20)15(18)22(17(21)25)10-12-6-9-26-19-12;2-1-3/h6,9H,2-5,7-8,10-11,18H2,1H3;1H,(H2,2,3). The molecule has 4 N–H and O–H groups in total. The van der Waals surface area contributed by atoms with Gasteiger partial charge in [-0.2, -0.15) is 0 Å². The van der Waals surface area contributed by atoms with Crippen LogP contribution >= 0.6 is 0 Å². The Hall–Kier alpha value is -3.21. The van der Waals surface area contributed by atoms with E-state index >= 15 is 0 Å². The molecule has 1 saturated heterocycles. The Morgan fingerprint density at radius 1 is 1.24 bits per heavy atom. The van der Waals surface area contributed by atoms with Crippen molar-refractivity contribution in [2.45, 2.75) is 39.3 Å². The minimum absolute atomic E-state index is 0.0332. The Balaban J connectivity index is 0.000000941. The van der Waals surface area contributed by atoms with Gasteiger partial charge in [-0.3, -0.25) is 28.4 Å². The van der Waals surface area contributed by atoms with Gasteiger partial charge < -0.3 is 16.0 Å². The molecule has 158 valence electrons. The van der Waals surface area contributed by atoms with Gasteiger partial charge in [0.2, 0.25) is 6.41 Å². The molecule has 1 aliphatic rings. The smallest absolute Gasteiger partial charge is 0.332 e. The summed E-state index contributed by atoms with van der Waals surface area (Å²) < 4.78 is 7.00. The van der Waals surface area contributed by atoms with Crippen molar-refractivity contribution in [3.8, 4) is 0 Å². The maximum atomic E-state index is 12.8. The number of anilines is 1. The number of Topliss-reactive ketones (excluding diaryl/α,β-unsaturated/α-hetero) is 1. The zero-order chi connectivity index (χ0) is 21.4. The Morgan fingerprint density at radius 2 is 1.90 bits per heavy atom. The van der Waals surface area contributed by atoms with Crippen molar-refractivity contribution in [3.63, 3.8) is 0 Å². The number of hydrogen-bond donors (Lipinski definition) is 2. The van der Waals surface area contributed by atoms with E-state index in [9.17, 15) is 14.4 Å². The summed E-state index contributed by atoms with van der Waals surface area (Å²) in [5, 5.41) is 3.77. The number of primary amides is 1. The molecular weight excluding hydrogens is 380 g/mol. The summed E-state index contributed by atoms with van der Waals surface area (Å²) in [6.45, 7) is 3.65. The van der Waals surface area contributed by atoms with Gasteiger partial charge in [0.25, 0.3) is 5.56 Å². The molecule has 1 aliphatic heterocycles. The number of amides is 1. The highest BCUT2D eigenvalue weighted by Gasteiger charge is 2.24. The Bertz CT molecular complexity index is 941. The number of aromatic nitrogens is 3. The normalized spacial score (nSPS) is 14.1. The van der Waals surface area contributed by atoms with Crippen molar-refractivity contribution >= 4 is 18.0 Å². The van der Waals surface area contributed by atoms with Crippen molar-refractivity contribution in [3.05, 3.63) is 44.4 Å². The molecule has 2 aromatic rings. The maximum absolute atomic E-state index is 12.8. The molecule has 0 spiro atoms. The molecule has 0 saturated carbocycles. The van der Waals surface area contributed by atoms with E-state index in [1.165, 1.54) is 10.8 Å². The number of carbonyl (C=O) groups excluding carboxylic acids is 2. The van der Waals surface area contributed by atoms with Gasteiger partial charge in [-0.15, -0.1) is 0 Å². The first kappa shape index (κ1) is 22.1. The molecule has 0 unspecified atom stereocenters. The number of nitrogens with two attached hydrogens (primary N) is 2. The average Bonchev–Trinajstić information content (AvgIpc) is 3.20. The Labute approximate surface area is 166 Å². The second-order valence-corrected chi connectivity index (χ2v) is 6.57. The highest BCUT2D eigenvalue weighted by molar-refractivity contribution is 6.01. The number of ketones is 1. The first-order valence-electron chi connectivity index (χ1n) is 9.37. The molecule has 2 aromatic heterocycles. The molecule has 29 heavy (non-hydrogen) atoms. The molecule has 11 nitrogen and oxygen atoms in total. The fraction of sp³-hybridized carbons (Fsp3) is 0.500. The Kier molecular flexibility index (Phi) is 7.89. The molecule has 0 bridgehead atoms. The lowest BCUT2D eigenvalue weighted by atomic mass is 10.1. The van der Waals surface area contributed by atoms with Crippen molar-refractivity contribution in [2.24, 2.45) is 5.73 Å². The number of likely N-dealkylation sites (tertiary alicyclic amines) is 1. The van der Waals surface area contributed by atoms with Crippen LogP contribution in [0.25, 0.3) is 0 Å². The molecule has 3 heterocycles. The summed E-state index contributed by atoms with van der Waals surface area (Å²) in [7, 11) is 0. The van der Waals surface area contributed by atoms with E-state index < -0.39 is 11.2 Å². The van der Waals surface area contributed by atoms with E-state index in [0.29, 0.717) is 5.69 Å². The second-order valence-electron chi connectivity index (χ2n) is 6.57.